The summed E-state index contributed by atoms with van der Waals surface area (Å²) >= 11 is 11.8. The third-order valence-corrected chi connectivity index (χ3v) is 6.28. The number of hydrogen-bond acceptors (Lipinski definition) is 8. The molecule has 3 aromatic carbocycles. The minimum absolute atomic E-state index is 0.200. The zero-order valence-electron chi connectivity index (χ0n) is 20.9. The Balaban J connectivity index is 1.93. The highest BCUT2D eigenvalue weighted by Gasteiger charge is 2.34. The fourth-order valence-corrected chi connectivity index (χ4v) is 4.25. The van der Waals surface area contributed by atoms with Crippen LogP contribution >= 0.6 is 23.2 Å². The normalized spacial score (nSPS) is 10.5. The molecule has 2 N–H and O–H groups in total. The Kier molecular flexibility index (Phi) is 9.30. The number of amides is 2. The van der Waals surface area contributed by atoms with Crippen LogP contribution in [0.1, 0.15) is 22.3 Å². The van der Waals surface area contributed by atoms with Crippen molar-refractivity contribution >= 4 is 69.3 Å². The lowest BCUT2D eigenvalue weighted by molar-refractivity contribution is -0.423. The van der Waals surface area contributed by atoms with Crippen LogP contribution in [0.4, 0.5) is 22.7 Å². The van der Waals surface area contributed by atoms with Gasteiger partial charge in [0.1, 0.15) is 0 Å². The van der Waals surface area contributed by atoms with Crippen LogP contribution < -0.4 is 10.6 Å². The Hall–Kier alpha value is -4.68. The van der Waals surface area contributed by atoms with Gasteiger partial charge in [0.15, 0.2) is 0 Å². The fraction of sp³-hybridized carbons (Fsp3) is 0.154. The van der Waals surface area contributed by atoms with Gasteiger partial charge in [-0.25, -0.2) is 0 Å². The number of anilines is 2. The number of benzene rings is 3. The molecule has 0 aliphatic rings. The van der Waals surface area contributed by atoms with Crippen molar-refractivity contribution < 1.29 is 29.0 Å². The van der Waals surface area contributed by atoms with Gasteiger partial charge < -0.3 is 10.6 Å². The van der Waals surface area contributed by atoms with Crippen LogP contribution in [0.15, 0.2) is 48.5 Å². The van der Waals surface area contributed by atoms with Crippen molar-refractivity contribution in [3.05, 3.63) is 101 Å². The predicted molar refractivity (Wildman–Crippen MR) is 147 cm³/mol. The van der Waals surface area contributed by atoms with E-state index in [4.69, 9.17) is 23.2 Å². The van der Waals surface area contributed by atoms with Gasteiger partial charge in [-0.05, 0) is 66.9 Å². The van der Waals surface area contributed by atoms with Crippen LogP contribution in [0, 0.1) is 34.1 Å². The summed E-state index contributed by atoms with van der Waals surface area (Å²) in [4.78, 5) is 72.0. The molecule has 206 valence electrons. The topological polar surface area (TPSA) is 179 Å². The molecule has 0 aliphatic heterocycles. The van der Waals surface area contributed by atoms with Gasteiger partial charge in [0, 0.05) is 45.9 Å². The first-order chi connectivity index (χ1) is 18.8. The van der Waals surface area contributed by atoms with Gasteiger partial charge in [-0.1, -0.05) is 29.3 Å². The van der Waals surface area contributed by atoms with Crippen molar-refractivity contribution in [2.45, 2.75) is 26.7 Å². The summed E-state index contributed by atoms with van der Waals surface area (Å²) in [6.45, 7) is 3.27. The number of halogens is 2. The van der Waals surface area contributed by atoms with Crippen LogP contribution in [0.25, 0.3) is 0 Å². The number of Topliss-reactive ketones (excluding diaryl/α,β-unsaturated/α-hetero) is 2. The molecule has 0 saturated heterocycles. The zero-order chi connectivity index (χ0) is 29.7. The van der Waals surface area contributed by atoms with E-state index in [0.717, 1.165) is 12.1 Å². The number of hydrogen-bond donors (Lipinski definition) is 2. The van der Waals surface area contributed by atoms with Crippen molar-refractivity contribution in [1.29, 1.82) is 0 Å². The molecule has 0 aromatic heterocycles. The van der Waals surface area contributed by atoms with Crippen LogP contribution in [-0.4, -0.2) is 33.2 Å². The Morgan fingerprint density at radius 3 is 1.62 bits per heavy atom. The first-order valence-corrected chi connectivity index (χ1v) is 12.2. The highest BCUT2D eigenvalue weighted by atomic mass is 35.5. The lowest BCUT2D eigenvalue weighted by atomic mass is 9.95. The van der Waals surface area contributed by atoms with E-state index in [-0.39, 0.29) is 11.3 Å². The second-order valence-corrected chi connectivity index (χ2v) is 9.48. The van der Waals surface area contributed by atoms with Gasteiger partial charge in [0.05, 0.1) is 9.85 Å². The lowest BCUT2D eigenvalue weighted by Crippen LogP contribution is -2.27. The summed E-state index contributed by atoms with van der Waals surface area (Å²) in [5.41, 5.74) is -1.10. The molecule has 0 spiro atoms. The second kappa shape index (κ2) is 12.5. The predicted octanol–water partition coefficient (Wildman–Crippen LogP) is 4.93. The molecule has 12 nitrogen and oxygen atoms in total. The summed E-state index contributed by atoms with van der Waals surface area (Å²) in [6.07, 6.45) is -1.69. The molecule has 0 aliphatic carbocycles. The highest BCUT2D eigenvalue weighted by Crippen LogP contribution is 2.34. The summed E-state index contributed by atoms with van der Waals surface area (Å²) in [5.74, 6) is -4.44. The SMILES string of the molecule is Cc1cc(Cl)ccc1NC(=O)C(=O)Cc1ccc([N+](=O)[O-])c([N+](=O)[O-])c1CC(=O)C(=O)Nc1ccc(Cl)cc1C. The average molecular weight is 587 g/mol. The molecule has 3 aromatic rings. The van der Waals surface area contributed by atoms with Crippen molar-refractivity contribution in [3.63, 3.8) is 0 Å². The van der Waals surface area contributed by atoms with Crippen molar-refractivity contribution in [2.75, 3.05) is 10.6 Å². The number of nitro benzene ring substituents is 2. The maximum atomic E-state index is 12.8. The van der Waals surface area contributed by atoms with Gasteiger partial charge in [-0.3, -0.25) is 39.4 Å². The number of carbonyl (C=O) groups excluding carboxylic acids is 4. The van der Waals surface area contributed by atoms with Gasteiger partial charge >= 0.3 is 11.4 Å². The van der Waals surface area contributed by atoms with E-state index in [1.165, 1.54) is 30.3 Å². The molecule has 0 unspecified atom stereocenters. The Morgan fingerprint density at radius 1 is 0.725 bits per heavy atom. The van der Waals surface area contributed by atoms with E-state index in [0.29, 0.717) is 26.9 Å². The summed E-state index contributed by atoms with van der Waals surface area (Å²) in [6, 6.07) is 10.8. The van der Waals surface area contributed by atoms with E-state index in [1.54, 1.807) is 19.9 Å². The lowest BCUT2D eigenvalue weighted by Gasteiger charge is -2.12. The maximum absolute atomic E-state index is 12.8. The highest BCUT2D eigenvalue weighted by molar-refractivity contribution is 6.42. The van der Waals surface area contributed by atoms with E-state index in [2.05, 4.69) is 10.6 Å². The zero-order valence-corrected chi connectivity index (χ0v) is 22.5. The number of nitrogens with one attached hydrogen (secondary N) is 2. The van der Waals surface area contributed by atoms with Crippen molar-refractivity contribution in [2.24, 2.45) is 0 Å². The number of nitro groups is 2. The van der Waals surface area contributed by atoms with Crippen LogP contribution in [0.5, 0.6) is 0 Å². The standard InChI is InChI=1S/C26H20Cl2N4O8/c1-13-9-16(27)4-6-19(13)29-25(35)22(33)11-15-3-8-21(31(37)38)24(32(39)40)18(15)12-23(34)26(36)30-20-7-5-17(28)10-14(20)2/h3-10H,11-12H2,1-2H3,(H,29,35)(H,30,36). The molecule has 3 rings (SSSR count). The molecule has 14 heteroatoms. The Labute approximate surface area is 236 Å². The largest absolute Gasteiger partial charge is 0.349 e. The Bertz CT molecular complexity index is 1590. The minimum atomic E-state index is -1.17. The molecular weight excluding hydrogens is 567 g/mol. The number of aryl methyl sites for hydroxylation is 2. The van der Waals surface area contributed by atoms with E-state index >= 15 is 0 Å². The minimum Gasteiger partial charge on any atom is -0.319 e. The molecule has 0 radical (unpaired) electrons. The number of nitrogens with zero attached hydrogens (tertiary/aromatic N) is 2. The van der Waals surface area contributed by atoms with Gasteiger partial charge in [-0.2, -0.15) is 0 Å². The molecule has 0 saturated carbocycles. The summed E-state index contributed by atoms with van der Waals surface area (Å²) in [7, 11) is 0. The molecule has 40 heavy (non-hydrogen) atoms. The fourth-order valence-electron chi connectivity index (χ4n) is 3.79. The molecule has 0 bridgehead atoms. The summed E-state index contributed by atoms with van der Waals surface area (Å²) < 4.78 is 0. The smallest absolute Gasteiger partial charge is 0.319 e. The second-order valence-electron chi connectivity index (χ2n) is 8.61. The van der Waals surface area contributed by atoms with Gasteiger partial charge in [-0.15, -0.1) is 0 Å². The summed E-state index contributed by atoms with van der Waals surface area (Å²) in [5, 5.41) is 28.9. The number of ketones is 2. The van der Waals surface area contributed by atoms with Crippen molar-refractivity contribution in [3.8, 4) is 0 Å². The molecular formula is C26H20Cl2N4O8. The Morgan fingerprint density at radius 2 is 1.20 bits per heavy atom. The molecule has 2 amide bonds. The van der Waals surface area contributed by atoms with Gasteiger partial charge in [0.25, 0.3) is 11.8 Å². The van der Waals surface area contributed by atoms with Crippen LogP contribution in [0.3, 0.4) is 0 Å². The van der Waals surface area contributed by atoms with E-state index in [9.17, 15) is 39.4 Å². The maximum Gasteiger partial charge on any atom is 0.349 e. The number of rotatable bonds is 10. The molecule has 0 heterocycles. The third kappa shape index (κ3) is 7.04. The molecule has 0 atom stereocenters. The van der Waals surface area contributed by atoms with Crippen LogP contribution in [-0.2, 0) is 32.0 Å². The van der Waals surface area contributed by atoms with Crippen LogP contribution in [0.2, 0.25) is 10.0 Å². The monoisotopic (exact) mass is 586 g/mol. The molecule has 0 fully saturated rings. The van der Waals surface area contributed by atoms with E-state index in [1.807, 2.05) is 0 Å². The number of carbonyl (C=O) groups is 4. The third-order valence-electron chi connectivity index (χ3n) is 5.81. The van der Waals surface area contributed by atoms with Gasteiger partial charge in [0.2, 0.25) is 11.6 Å². The van der Waals surface area contributed by atoms with E-state index < -0.39 is 63.0 Å². The first kappa shape index (κ1) is 29.9. The van der Waals surface area contributed by atoms with Crippen molar-refractivity contribution in [1.82, 2.24) is 0 Å². The average Bonchev–Trinajstić information content (AvgIpc) is 2.87. The first-order valence-electron chi connectivity index (χ1n) is 11.4. The quantitative estimate of drug-likeness (QED) is 0.190.